The SMILES string of the molecule is CCCC1CCN(CCOc2ccc(-c3ccc(C(=O)NC4CC(O)C(O)NC(=O)C5C(O)C(C)CN5C(=O)C(C(C)O)NC(=O)C(C(O)Cc5ccc(O)cc5)NC(=O)C5CC(O)CN5C(=O)C(C(C)O)NC4=O)cc3)cc2)CC1. The molecule has 13 N–H and O–H groups in total. The van der Waals surface area contributed by atoms with E-state index in [9.17, 15) is 74.4 Å². The van der Waals surface area contributed by atoms with Gasteiger partial charge in [-0.15, -0.1) is 0 Å². The summed E-state index contributed by atoms with van der Waals surface area (Å²) in [6, 6.07) is 8.13. The van der Waals surface area contributed by atoms with E-state index in [2.05, 4.69) is 38.4 Å². The van der Waals surface area contributed by atoms with Crippen LogP contribution in [0.25, 0.3) is 11.1 Å². The Morgan fingerprint density at radius 3 is 1.89 bits per heavy atom. The van der Waals surface area contributed by atoms with Crippen molar-refractivity contribution < 1.29 is 79.2 Å². The summed E-state index contributed by atoms with van der Waals surface area (Å²) in [7, 11) is 0. The molecule has 0 bridgehead atoms. The lowest BCUT2D eigenvalue weighted by molar-refractivity contribution is -0.148. The molecule has 0 radical (unpaired) electrons. The highest BCUT2D eigenvalue weighted by atomic mass is 16.5. The van der Waals surface area contributed by atoms with Crippen LogP contribution in [0.1, 0.15) is 82.1 Å². The summed E-state index contributed by atoms with van der Waals surface area (Å²) in [5.41, 5.74) is 1.93. The number of carbonyl (C=O) groups is 7. The molecule has 442 valence electrons. The molecule has 3 aromatic rings. The molecule has 4 saturated heterocycles. The number of hydrogen-bond acceptors (Lipinski definition) is 17. The predicted octanol–water partition coefficient (Wildman–Crippen LogP) is -1.76. The van der Waals surface area contributed by atoms with Gasteiger partial charge < -0.3 is 82.0 Å². The number of phenols is 1. The zero-order valence-corrected chi connectivity index (χ0v) is 46.0. The van der Waals surface area contributed by atoms with E-state index in [1.54, 1.807) is 12.1 Å². The average Bonchev–Trinajstić information content (AvgIpc) is 4.01. The van der Waals surface area contributed by atoms with Gasteiger partial charge in [-0.05, 0) is 98.8 Å². The summed E-state index contributed by atoms with van der Waals surface area (Å²) in [6.45, 7) is 8.62. The fourth-order valence-corrected chi connectivity index (χ4v) is 11.0. The van der Waals surface area contributed by atoms with Crippen molar-refractivity contribution in [3.63, 3.8) is 0 Å². The van der Waals surface area contributed by atoms with Crippen LogP contribution in [-0.4, -0.2) is 215 Å². The summed E-state index contributed by atoms with van der Waals surface area (Å²) in [6.07, 6.45) is -9.39. The molecular formula is C57H78N8O16. The van der Waals surface area contributed by atoms with Crippen molar-refractivity contribution >= 4 is 41.4 Å². The van der Waals surface area contributed by atoms with Crippen LogP contribution in [0.15, 0.2) is 72.8 Å². The topological polar surface area (TPSA) is 360 Å². The van der Waals surface area contributed by atoms with E-state index in [1.165, 1.54) is 69.0 Å². The summed E-state index contributed by atoms with van der Waals surface area (Å²) < 4.78 is 6.04. The Bertz CT molecular complexity index is 2650. The number of nitrogens with zero attached hydrogens (tertiary/aromatic N) is 3. The minimum atomic E-state index is -2.26. The molecule has 0 spiro atoms. The number of aromatic hydroxyl groups is 1. The van der Waals surface area contributed by atoms with Crippen LogP contribution < -0.4 is 31.3 Å². The lowest BCUT2D eigenvalue weighted by atomic mass is 9.92. The zero-order valence-electron chi connectivity index (χ0n) is 46.0. The summed E-state index contributed by atoms with van der Waals surface area (Å²) in [4.78, 5) is 104. The molecule has 14 unspecified atom stereocenters. The first-order valence-corrected chi connectivity index (χ1v) is 27.8. The van der Waals surface area contributed by atoms with Gasteiger partial charge in [-0.3, -0.25) is 38.5 Å². The number of hydrogen-bond donors (Lipinski definition) is 13. The van der Waals surface area contributed by atoms with E-state index in [0.717, 1.165) is 60.3 Å². The Balaban J connectivity index is 1.14. The number of aliphatic hydroxyl groups excluding tert-OH is 7. The fourth-order valence-electron chi connectivity index (χ4n) is 11.0. The molecule has 7 amide bonds. The zero-order chi connectivity index (χ0) is 58.8. The van der Waals surface area contributed by atoms with Gasteiger partial charge in [0.2, 0.25) is 35.4 Å². The van der Waals surface area contributed by atoms with Crippen LogP contribution in [0.3, 0.4) is 0 Å². The minimum absolute atomic E-state index is 0.0306. The summed E-state index contributed by atoms with van der Waals surface area (Å²) >= 11 is 0. The van der Waals surface area contributed by atoms with Gasteiger partial charge >= 0.3 is 0 Å². The van der Waals surface area contributed by atoms with Gasteiger partial charge in [0.05, 0.1) is 30.5 Å². The maximum absolute atomic E-state index is 14.5. The van der Waals surface area contributed by atoms with Crippen LogP contribution in [0, 0.1) is 11.8 Å². The molecule has 4 fully saturated rings. The van der Waals surface area contributed by atoms with Crippen molar-refractivity contribution in [3.05, 3.63) is 83.9 Å². The van der Waals surface area contributed by atoms with Gasteiger partial charge in [0, 0.05) is 50.4 Å². The number of likely N-dealkylation sites (tertiary alicyclic amines) is 1. The van der Waals surface area contributed by atoms with E-state index in [4.69, 9.17) is 4.74 Å². The molecule has 4 aliphatic rings. The second kappa shape index (κ2) is 27.8. The average molecular weight is 1130 g/mol. The molecule has 7 rings (SSSR count). The minimum Gasteiger partial charge on any atom is -0.508 e. The lowest BCUT2D eigenvalue weighted by Crippen LogP contribution is -2.64. The number of ether oxygens (including phenoxy) is 1. The third-order valence-corrected chi connectivity index (χ3v) is 15.8. The number of rotatable bonds is 14. The van der Waals surface area contributed by atoms with Crippen molar-refractivity contribution in [1.29, 1.82) is 0 Å². The number of aliphatic hydroxyl groups is 7. The van der Waals surface area contributed by atoms with E-state index >= 15 is 0 Å². The summed E-state index contributed by atoms with van der Waals surface area (Å²) in [5, 5.41) is 100. The highest BCUT2D eigenvalue weighted by Crippen LogP contribution is 2.28. The van der Waals surface area contributed by atoms with Crippen LogP contribution in [0.4, 0.5) is 0 Å². The maximum Gasteiger partial charge on any atom is 0.251 e. The first kappa shape index (κ1) is 61.8. The molecule has 0 aromatic heterocycles. The number of nitrogens with one attached hydrogen (secondary N) is 5. The van der Waals surface area contributed by atoms with Crippen LogP contribution in [-0.2, 0) is 35.2 Å². The number of amides is 7. The number of carbonyl (C=O) groups excluding carboxylic acids is 7. The Morgan fingerprint density at radius 2 is 1.28 bits per heavy atom. The van der Waals surface area contributed by atoms with Gasteiger partial charge in [-0.25, -0.2) is 0 Å². The first-order valence-electron chi connectivity index (χ1n) is 27.8. The molecule has 4 aliphatic heterocycles. The Hall–Kier alpha value is -6.77. The number of piperidine rings is 1. The molecule has 0 saturated carbocycles. The smallest absolute Gasteiger partial charge is 0.251 e. The van der Waals surface area contributed by atoms with Gasteiger partial charge in [0.15, 0.2) is 6.23 Å². The van der Waals surface area contributed by atoms with Crippen molar-refractivity contribution in [3.8, 4) is 22.6 Å². The van der Waals surface area contributed by atoms with Crippen molar-refractivity contribution in [2.45, 2.75) is 152 Å². The van der Waals surface area contributed by atoms with E-state index < -0.39 is 146 Å². The van der Waals surface area contributed by atoms with Crippen molar-refractivity contribution in [2.75, 3.05) is 39.3 Å². The van der Waals surface area contributed by atoms with Gasteiger partial charge in [0.25, 0.3) is 5.91 Å². The van der Waals surface area contributed by atoms with E-state index in [0.29, 0.717) is 17.9 Å². The number of fused-ring (bicyclic) bond motifs is 2. The molecule has 24 heteroatoms. The second-order valence-corrected chi connectivity index (χ2v) is 22.0. The molecule has 14 atom stereocenters. The Labute approximate surface area is 469 Å². The van der Waals surface area contributed by atoms with Crippen molar-refractivity contribution in [1.82, 2.24) is 41.3 Å². The molecule has 4 heterocycles. The Kier molecular flexibility index (Phi) is 21.2. The number of phenolic OH excluding ortho intramolecular Hbond substituents is 1. The molecule has 81 heavy (non-hydrogen) atoms. The third-order valence-electron chi connectivity index (χ3n) is 15.8. The molecule has 3 aromatic carbocycles. The monoisotopic (exact) mass is 1130 g/mol. The van der Waals surface area contributed by atoms with Gasteiger partial charge in [0.1, 0.15) is 60.5 Å². The van der Waals surface area contributed by atoms with Crippen LogP contribution in [0.2, 0.25) is 0 Å². The molecule has 0 aliphatic carbocycles. The standard InChI is InChI=1S/C57H78N8O16/c1-5-6-33-19-21-63(22-20-33)23-24-81-40-17-13-36(14-18-40)35-9-11-37(12-10-35)50(73)58-41-27-44(71)53(76)62-55(78)48-49(72)30(2)28-65(48)57(80)46(32(4)67)60-54(77)47(43(70)25-34-7-15-38(68)16-8-34)61-52(75)42-26-39(69)29-64(42)56(79)45(31(3)66)59-51(41)74/h7-18,30-33,39,41-49,53,66-72,76H,5-6,19-29H2,1-4H3,(H,58,73)(H,59,74)(H,60,77)(H,61,75)(H,62,78). The highest BCUT2D eigenvalue weighted by molar-refractivity contribution is 6.00. The predicted molar refractivity (Wildman–Crippen MR) is 291 cm³/mol. The lowest BCUT2D eigenvalue weighted by Gasteiger charge is -2.33. The number of benzene rings is 3. The first-order chi connectivity index (χ1) is 38.5. The third kappa shape index (κ3) is 15.6. The quantitative estimate of drug-likeness (QED) is 0.0850. The van der Waals surface area contributed by atoms with Crippen LogP contribution in [0.5, 0.6) is 11.5 Å². The molecule has 24 nitrogen and oxygen atoms in total. The van der Waals surface area contributed by atoms with Gasteiger partial charge in [-0.1, -0.05) is 63.1 Å². The van der Waals surface area contributed by atoms with Gasteiger partial charge in [-0.2, -0.15) is 0 Å². The fraction of sp³-hybridized carbons (Fsp3) is 0.561. The Morgan fingerprint density at radius 1 is 0.704 bits per heavy atom. The highest BCUT2D eigenvalue weighted by Gasteiger charge is 2.50. The maximum atomic E-state index is 14.5. The van der Waals surface area contributed by atoms with Crippen LogP contribution >= 0.6 is 0 Å². The largest absolute Gasteiger partial charge is 0.508 e. The normalized spacial score (nSPS) is 29.0. The van der Waals surface area contributed by atoms with E-state index in [1.807, 2.05) is 24.3 Å². The molecular weight excluding hydrogens is 1050 g/mol. The van der Waals surface area contributed by atoms with Crippen molar-refractivity contribution in [2.24, 2.45) is 11.8 Å². The van der Waals surface area contributed by atoms with E-state index in [-0.39, 0.29) is 24.3 Å². The summed E-state index contributed by atoms with van der Waals surface area (Å²) in [5.74, 6) is -7.31. The second-order valence-electron chi connectivity index (χ2n) is 22.0.